The number of nitro benzene ring substituents is 1. The summed E-state index contributed by atoms with van der Waals surface area (Å²) < 4.78 is 5.27. The Morgan fingerprint density at radius 1 is 1.28 bits per heavy atom. The van der Waals surface area contributed by atoms with Gasteiger partial charge in [-0.05, 0) is 55.0 Å². The van der Waals surface area contributed by atoms with Crippen LogP contribution in [-0.2, 0) is 4.79 Å². The molecule has 0 aliphatic carbocycles. The highest BCUT2D eigenvalue weighted by molar-refractivity contribution is 7.80. The van der Waals surface area contributed by atoms with Crippen LogP contribution in [0.15, 0.2) is 53.7 Å². The third kappa shape index (κ3) is 4.47. The zero-order valence-electron chi connectivity index (χ0n) is 15.5. The van der Waals surface area contributed by atoms with E-state index < -0.39 is 16.9 Å². The van der Waals surface area contributed by atoms with Gasteiger partial charge in [-0.2, -0.15) is 0 Å². The molecule has 2 aromatic rings. The Labute approximate surface area is 177 Å². The number of thiocarbonyl (C=S) groups is 1. The highest BCUT2D eigenvalue weighted by Gasteiger charge is 2.30. The fourth-order valence-electron chi connectivity index (χ4n) is 3.00. The molecule has 0 saturated heterocycles. The number of methoxy groups -OCH3 is 1. The van der Waals surface area contributed by atoms with Crippen LogP contribution in [0.2, 0.25) is 5.02 Å². The third-order valence-electron chi connectivity index (χ3n) is 4.36. The number of nitrogens with zero attached hydrogens (tertiary/aromatic N) is 1. The number of nitro groups is 1. The van der Waals surface area contributed by atoms with Crippen LogP contribution >= 0.6 is 23.8 Å². The van der Waals surface area contributed by atoms with Gasteiger partial charge in [0, 0.05) is 22.9 Å². The first-order valence-electron chi connectivity index (χ1n) is 8.47. The third-order valence-corrected chi connectivity index (χ3v) is 4.82. The lowest BCUT2D eigenvalue weighted by Gasteiger charge is -2.30. The molecule has 1 aliphatic rings. The van der Waals surface area contributed by atoms with E-state index in [2.05, 4.69) is 16.0 Å². The number of halogens is 1. The Morgan fingerprint density at radius 2 is 1.97 bits per heavy atom. The normalized spacial score (nSPS) is 16.0. The fourth-order valence-corrected chi connectivity index (χ4v) is 3.44. The largest absolute Gasteiger partial charge is 0.495 e. The van der Waals surface area contributed by atoms with Crippen LogP contribution in [0.5, 0.6) is 5.75 Å². The number of benzene rings is 2. The molecule has 1 heterocycles. The van der Waals surface area contributed by atoms with Crippen LogP contribution in [-0.4, -0.2) is 23.1 Å². The summed E-state index contributed by atoms with van der Waals surface area (Å²) >= 11 is 11.3. The molecule has 1 amide bonds. The van der Waals surface area contributed by atoms with E-state index in [1.54, 1.807) is 37.3 Å². The molecule has 0 saturated carbocycles. The Kier molecular flexibility index (Phi) is 6.00. The van der Waals surface area contributed by atoms with Gasteiger partial charge in [0.05, 0.1) is 29.3 Å². The summed E-state index contributed by atoms with van der Waals surface area (Å²) in [6, 6.07) is 10.2. The minimum atomic E-state index is -0.588. The summed E-state index contributed by atoms with van der Waals surface area (Å²) in [7, 11) is 1.49. The lowest BCUT2D eigenvalue weighted by atomic mass is 9.94. The maximum atomic E-state index is 13.1. The van der Waals surface area contributed by atoms with E-state index in [0.717, 1.165) is 0 Å². The summed E-state index contributed by atoms with van der Waals surface area (Å²) in [5.41, 5.74) is 1.98. The first kappa shape index (κ1) is 20.6. The molecule has 1 unspecified atom stereocenters. The zero-order chi connectivity index (χ0) is 21.1. The van der Waals surface area contributed by atoms with E-state index in [4.69, 9.17) is 28.6 Å². The predicted octanol–water partition coefficient (Wildman–Crippen LogP) is 3.69. The lowest BCUT2D eigenvalue weighted by Crippen LogP contribution is -2.45. The van der Waals surface area contributed by atoms with Crippen molar-refractivity contribution in [2.24, 2.45) is 0 Å². The number of allylic oxidation sites excluding steroid dienone is 1. The number of hydrogen-bond acceptors (Lipinski definition) is 5. The molecule has 0 aromatic heterocycles. The van der Waals surface area contributed by atoms with E-state index in [1.165, 1.54) is 19.2 Å². The molecule has 8 nitrogen and oxygen atoms in total. The van der Waals surface area contributed by atoms with Crippen LogP contribution in [0, 0.1) is 10.1 Å². The molecule has 1 atom stereocenters. The van der Waals surface area contributed by atoms with Crippen LogP contribution in [0.3, 0.4) is 0 Å². The minimum Gasteiger partial charge on any atom is -0.495 e. The van der Waals surface area contributed by atoms with Crippen LogP contribution in [0.4, 0.5) is 11.4 Å². The second kappa shape index (κ2) is 8.46. The van der Waals surface area contributed by atoms with E-state index in [1.807, 2.05) is 0 Å². The van der Waals surface area contributed by atoms with Gasteiger partial charge in [0.1, 0.15) is 5.75 Å². The lowest BCUT2D eigenvalue weighted by molar-refractivity contribution is -0.384. The second-order valence-electron chi connectivity index (χ2n) is 6.22. The molecule has 1 aliphatic heterocycles. The number of ether oxygens (including phenoxy) is 1. The maximum Gasteiger partial charge on any atom is 0.269 e. The van der Waals surface area contributed by atoms with Crippen LogP contribution in [0.25, 0.3) is 0 Å². The van der Waals surface area contributed by atoms with Crippen molar-refractivity contribution < 1.29 is 14.5 Å². The van der Waals surface area contributed by atoms with Gasteiger partial charge in [0.25, 0.3) is 11.6 Å². The van der Waals surface area contributed by atoms with Gasteiger partial charge in [-0.25, -0.2) is 0 Å². The molecular formula is C19H17ClN4O4S. The summed E-state index contributed by atoms with van der Waals surface area (Å²) in [4.78, 5) is 23.6. The Morgan fingerprint density at radius 3 is 2.59 bits per heavy atom. The van der Waals surface area contributed by atoms with Crippen LogP contribution in [0.1, 0.15) is 18.5 Å². The summed E-state index contributed by atoms with van der Waals surface area (Å²) in [5.74, 6) is 0.0639. The van der Waals surface area contributed by atoms with Gasteiger partial charge in [0.15, 0.2) is 5.11 Å². The first-order chi connectivity index (χ1) is 13.8. The van der Waals surface area contributed by atoms with E-state index in [0.29, 0.717) is 38.4 Å². The molecule has 0 spiro atoms. The molecule has 0 bridgehead atoms. The molecular weight excluding hydrogens is 416 g/mol. The van der Waals surface area contributed by atoms with Gasteiger partial charge in [-0.1, -0.05) is 11.6 Å². The van der Waals surface area contributed by atoms with Crippen molar-refractivity contribution in [3.63, 3.8) is 0 Å². The number of carbonyl (C=O) groups is 1. The fraction of sp³-hybridized carbons (Fsp3) is 0.158. The molecule has 0 fully saturated rings. The number of carbonyl (C=O) groups excluding carboxylic acids is 1. The van der Waals surface area contributed by atoms with Crippen molar-refractivity contribution in [2.75, 3.05) is 12.4 Å². The van der Waals surface area contributed by atoms with Gasteiger partial charge in [-0.15, -0.1) is 0 Å². The second-order valence-corrected chi connectivity index (χ2v) is 7.06. The van der Waals surface area contributed by atoms with E-state index in [9.17, 15) is 14.9 Å². The summed E-state index contributed by atoms with van der Waals surface area (Å²) in [6.07, 6.45) is 0. The Bertz CT molecular complexity index is 1020. The first-order valence-corrected chi connectivity index (χ1v) is 9.26. The Balaban J connectivity index is 1.96. The van der Waals surface area contributed by atoms with Crippen molar-refractivity contribution in [2.45, 2.75) is 13.0 Å². The highest BCUT2D eigenvalue weighted by Crippen LogP contribution is 2.32. The van der Waals surface area contributed by atoms with Gasteiger partial charge >= 0.3 is 0 Å². The zero-order valence-corrected chi connectivity index (χ0v) is 17.1. The predicted molar refractivity (Wildman–Crippen MR) is 114 cm³/mol. The molecule has 2 aromatic carbocycles. The molecule has 150 valence electrons. The Hall–Kier alpha value is -3.17. The monoisotopic (exact) mass is 432 g/mol. The number of anilines is 1. The van der Waals surface area contributed by atoms with Crippen molar-refractivity contribution in [1.82, 2.24) is 10.6 Å². The average Bonchev–Trinajstić information content (AvgIpc) is 2.67. The maximum absolute atomic E-state index is 13.1. The van der Waals surface area contributed by atoms with Crippen LogP contribution < -0.4 is 20.7 Å². The highest BCUT2D eigenvalue weighted by atomic mass is 35.5. The molecule has 10 heteroatoms. The quantitative estimate of drug-likeness (QED) is 0.376. The number of hydrogen-bond donors (Lipinski definition) is 3. The standard InChI is InChI=1S/C19H17ClN4O4S/c1-10-16(18(25)22-14-9-12(20)5-8-15(14)28-2)17(23-19(29)21-10)11-3-6-13(7-4-11)24(26)27/h3-9,17H,1-2H3,(H,22,25)(H2,21,23,29). The topological polar surface area (TPSA) is 106 Å². The SMILES string of the molecule is COc1ccc(Cl)cc1NC(=O)C1=C(C)NC(=S)NC1c1ccc([N+](=O)[O-])cc1. The molecule has 3 N–H and O–H groups in total. The summed E-state index contributed by atoms with van der Waals surface area (Å²) in [5, 5.41) is 20.5. The van der Waals surface area contributed by atoms with Gasteiger partial charge in [-0.3, -0.25) is 14.9 Å². The van der Waals surface area contributed by atoms with Crippen molar-refractivity contribution >= 4 is 46.2 Å². The van der Waals surface area contributed by atoms with Gasteiger partial charge < -0.3 is 20.7 Å². The van der Waals surface area contributed by atoms with Crippen molar-refractivity contribution in [1.29, 1.82) is 0 Å². The van der Waals surface area contributed by atoms with Gasteiger partial charge in [0.2, 0.25) is 0 Å². The van der Waals surface area contributed by atoms with E-state index >= 15 is 0 Å². The summed E-state index contributed by atoms with van der Waals surface area (Å²) in [6.45, 7) is 1.73. The average molecular weight is 433 g/mol. The smallest absolute Gasteiger partial charge is 0.269 e. The number of nitrogens with one attached hydrogen (secondary N) is 3. The minimum absolute atomic E-state index is 0.0411. The molecule has 0 radical (unpaired) electrons. The number of amides is 1. The van der Waals surface area contributed by atoms with Crippen molar-refractivity contribution in [3.8, 4) is 5.75 Å². The number of non-ortho nitro benzene ring substituents is 1. The van der Waals surface area contributed by atoms with Crippen molar-refractivity contribution in [3.05, 3.63) is 74.4 Å². The molecule has 3 rings (SSSR count). The molecule has 29 heavy (non-hydrogen) atoms. The van der Waals surface area contributed by atoms with E-state index in [-0.39, 0.29) is 5.69 Å². The number of rotatable bonds is 5.